The molecule has 0 heterocycles. The number of hydrogen-bond acceptors (Lipinski definition) is 8. The molecule has 0 saturated heterocycles. The summed E-state index contributed by atoms with van der Waals surface area (Å²) in [4.78, 5) is 38.1. The van der Waals surface area contributed by atoms with Crippen molar-refractivity contribution < 1.29 is 42.1 Å². The van der Waals surface area contributed by atoms with Crippen LogP contribution in [-0.4, -0.2) is 70.0 Å². The molecule has 0 spiro atoms. The van der Waals surface area contributed by atoms with Gasteiger partial charge in [0.05, 0.1) is 27.7 Å². The SMILES string of the molecule is CC/C=C\C/C=C\C/C=C\C/C=C\C/C=C\C/C=C\C/C=C\C/C=C\C/C=C\C/C=C\C/C=C\C/C=C\CCCCC(=O)OC(COC(=O)CCCCCCCCCCCCCCCCCCCCCCCC/C=C\C/C=C\C/C=C\C/C=C\CC)COP(=O)([O-])OCC[N+](C)(C)C. The Balaban J connectivity index is 4.12. The van der Waals surface area contributed by atoms with Gasteiger partial charge in [0, 0.05) is 12.8 Å². The fourth-order valence-corrected chi connectivity index (χ4v) is 10.9. The molecule has 98 heavy (non-hydrogen) atoms. The number of phosphoric ester groups is 1. The van der Waals surface area contributed by atoms with Crippen molar-refractivity contribution in [2.45, 2.75) is 302 Å². The van der Waals surface area contributed by atoms with Crippen LogP contribution >= 0.6 is 7.82 Å². The van der Waals surface area contributed by atoms with Gasteiger partial charge >= 0.3 is 11.9 Å². The predicted octanol–water partition coefficient (Wildman–Crippen LogP) is 25.8. The minimum Gasteiger partial charge on any atom is -0.756 e. The Morgan fingerprint density at radius 3 is 0.837 bits per heavy atom. The third kappa shape index (κ3) is 79.8. The van der Waals surface area contributed by atoms with Crippen molar-refractivity contribution in [3.8, 4) is 0 Å². The number of allylic oxidation sites excluding steroid dienone is 32. The van der Waals surface area contributed by atoms with Crippen molar-refractivity contribution in [1.82, 2.24) is 0 Å². The van der Waals surface area contributed by atoms with Crippen LogP contribution in [0.4, 0.5) is 0 Å². The van der Waals surface area contributed by atoms with Crippen molar-refractivity contribution in [3.63, 3.8) is 0 Å². The van der Waals surface area contributed by atoms with Gasteiger partial charge in [-0.25, -0.2) is 0 Å². The first-order chi connectivity index (χ1) is 48.0. The molecule has 0 aliphatic carbocycles. The second-order valence-corrected chi connectivity index (χ2v) is 28.0. The molecule has 0 rings (SSSR count). The van der Waals surface area contributed by atoms with Gasteiger partial charge in [-0.2, -0.15) is 0 Å². The number of rotatable bonds is 70. The number of esters is 2. The number of hydrogen-bond donors (Lipinski definition) is 0. The third-order valence-corrected chi connectivity index (χ3v) is 17.1. The summed E-state index contributed by atoms with van der Waals surface area (Å²) in [7, 11) is 1.12. The highest BCUT2D eigenvalue weighted by atomic mass is 31.2. The van der Waals surface area contributed by atoms with Crippen molar-refractivity contribution >= 4 is 19.8 Å². The van der Waals surface area contributed by atoms with E-state index in [1.165, 1.54) is 128 Å². The zero-order valence-corrected chi connectivity index (χ0v) is 64.0. The number of carbonyl (C=O) groups is 2. The molecule has 2 atom stereocenters. The summed E-state index contributed by atoms with van der Waals surface area (Å²) in [6.45, 7) is 3.96. The number of quaternary nitrogens is 1. The number of likely N-dealkylation sites (N-methyl/N-ethyl adjacent to an activating group) is 1. The molecular weight excluding hydrogens is 1230 g/mol. The first-order valence-corrected chi connectivity index (χ1v) is 40.6. The lowest BCUT2D eigenvalue weighted by Crippen LogP contribution is -2.37. The second kappa shape index (κ2) is 76.0. The molecule has 0 aromatic heterocycles. The molecule has 0 fully saturated rings. The summed E-state index contributed by atoms with van der Waals surface area (Å²) in [6.07, 6.45) is 118. The van der Waals surface area contributed by atoms with Crippen molar-refractivity contribution in [2.24, 2.45) is 0 Å². The van der Waals surface area contributed by atoms with E-state index in [2.05, 4.69) is 208 Å². The monoisotopic (exact) mass is 1370 g/mol. The van der Waals surface area contributed by atoms with Crippen LogP contribution < -0.4 is 4.89 Å². The Kier molecular flexibility index (Phi) is 72.0. The zero-order chi connectivity index (χ0) is 71.1. The van der Waals surface area contributed by atoms with E-state index in [0.717, 1.165) is 135 Å². The topological polar surface area (TPSA) is 111 Å². The average Bonchev–Trinajstić information content (AvgIpc) is 1.23. The van der Waals surface area contributed by atoms with Crippen molar-refractivity contribution in [1.29, 1.82) is 0 Å². The highest BCUT2D eigenvalue weighted by molar-refractivity contribution is 7.45. The fraction of sp³-hybridized carbons (Fsp3) is 0.614. The Bertz CT molecular complexity index is 2360. The molecule has 554 valence electrons. The summed E-state index contributed by atoms with van der Waals surface area (Å²) in [6, 6.07) is 0. The molecule has 0 aliphatic rings. The summed E-state index contributed by atoms with van der Waals surface area (Å²) < 4.78 is 34.3. The van der Waals surface area contributed by atoms with E-state index in [1.54, 1.807) is 0 Å². The van der Waals surface area contributed by atoms with Gasteiger partial charge in [-0.3, -0.25) is 14.2 Å². The maximum Gasteiger partial charge on any atom is 0.306 e. The highest BCUT2D eigenvalue weighted by Gasteiger charge is 2.22. The molecule has 0 aromatic carbocycles. The van der Waals surface area contributed by atoms with Crippen LogP contribution in [0.15, 0.2) is 194 Å². The van der Waals surface area contributed by atoms with Crippen LogP contribution in [0.5, 0.6) is 0 Å². The maximum atomic E-state index is 12.9. The molecule has 0 N–H and O–H groups in total. The van der Waals surface area contributed by atoms with Gasteiger partial charge in [0.2, 0.25) is 0 Å². The van der Waals surface area contributed by atoms with E-state index in [9.17, 15) is 19.0 Å². The Hall–Kier alpha value is -5.15. The van der Waals surface area contributed by atoms with Crippen LogP contribution in [0.25, 0.3) is 0 Å². The van der Waals surface area contributed by atoms with Crippen LogP contribution in [0, 0.1) is 0 Å². The number of unbranched alkanes of at least 4 members (excludes halogenated alkanes) is 24. The number of nitrogens with zero attached hydrogens (tertiary/aromatic N) is 1. The van der Waals surface area contributed by atoms with Gasteiger partial charge in [-0.1, -0.05) is 337 Å². The van der Waals surface area contributed by atoms with Gasteiger partial charge in [-0.15, -0.1) is 0 Å². The molecule has 2 unspecified atom stereocenters. The van der Waals surface area contributed by atoms with Crippen LogP contribution in [0.2, 0.25) is 0 Å². The van der Waals surface area contributed by atoms with Gasteiger partial charge < -0.3 is 27.9 Å². The molecule has 9 nitrogen and oxygen atoms in total. The largest absolute Gasteiger partial charge is 0.756 e. The quantitative estimate of drug-likeness (QED) is 0.0195. The predicted molar refractivity (Wildman–Crippen MR) is 424 cm³/mol. The Labute approximate surface area is 603 Å². The molecule has 0 amide bonds. The van der Waals surface area contributed by atoms with Crippen molar-refractivity contribution in [3.05, 3.63) is 194 Å². The van der Waals surface area contributed by atoms with E-state index in [1.807, 2.05) is 21.1 Å². The lowest BCUT2D eigenvalue weighted by atomic mass is 10.0. The van der Waals surface area contributed by atoms with Crippen LogP contribution in [0.3, 0.4) is 0 Å². The Morgan fingerprint density at radius 1 is 0.316 bits per heavy atom. The van der Waals surface area contributed by atoms with E-state index >= 15 is 0 Å². The standard InChI is InChI=1S/C88H144NO8P/c1-6-8-10-12-14-16-18-20-22-24-26-28-30-32-34-36-38-40-42-43-44-45-47-49-51-53-55-57-59-61-63-65-67-69-71-73-75-77-79-81-88(91)97-86(85-96-98(92,93)95-83-82-89(3,4)5)84-94-87(90)80-78-76-74-72-70-68-66-64-62-60-58-56-54-52-50-48-46-41-39-37-35-33-31-29-27-25-23-21-19-17-15-13-11-9-7-2/h8-11,14-17,20-23,26-29,32,34,38,40,43-44,47,49,53,55,59,61,65,67,71,73,86H,6-7,12-13,18-19,24-25,30-31,33,35-37,39,41-42,45-46,48,50-52,54,56-58,60,62-64,66,68-70,72,74-85H2,1-5H3/b10-8-,11-9-,16-14-,17-15-,22-20-,23-21-,28-26-,29-27-,34-32-,40-38-,44-43-,49-47-,55-53-,61-59-,67-65-,73-71-. The molecule has 0 radical (unpaired) electrons. The first-order valence-electron chi connectivity index (χ1n) is 39.1. The normalized spacial score (nSPS) is 14.1. The number of carbonyl (C=O) groups excluding carboxylic acids is 2. The third-order valence-electron chi connectivity index (χ3n) is 16.1. The van der Waals surface area contributed by atoms with E-state index in [-0.39, 0.29) is 26.1 Å². The summed E-state index contributed by atoms with van der Waals surface area (Å²) in [5, 5.41) is 0. The van der Waals surface area contributed by atoms with Crippen LogP contribution in [0.1, 0.15) is 296 Å². The van der Waals surface area contributed by atoms with E-state index in [4.69, 9.17) is 18.5 Å². The number of ether oxygens (including phenoxy) is 2. The smallest absolute Gasteiger partial charge is 0.306 e. The number of phosphoric acid groups is 1. The second-order valence-electron chi connectivity index (χ2n) is 26.6. The van der Waals surface area contributed by atoms with E-state index in [0.29, 0.717) is 17.4 Å². The van der Waals surface area contributed by atoms with Crippen LogP contribution in [-0.2, 0) is 32.7 Å². The average molecular weight is 1380 g/mol. The molecule has 0 aliphatic heterocycles. The fourth-order valence-electron chi connectivity index (χ4n) is 10.2. The molecule has 0 bridgehead atoms. The summed E-state index contributed by atoms with van der Waals surface area (Å²) in [5.74, 6) is -0.889. The first kappa shape index (κ1) is 92.8. The van der Waals surface area contributed by atoms with Gasteiger partial charge in [-0.05, 0) is 141 Å². The lowest BCUT2D eigenvalue weighted by molar-refractivity contribution is -0.870. The zero-order valence-electron chi connectivity index (χ0n) is 63.2. The van der Waals surface area contributed by atoms with Crippen molar-refractivity contribution in [2.75, 3.05) is 47.5 Å². The van der Waals surface area contributed by atoms with Gasteiger partial charge in [0.25, 0.3) is 7.82 Å². The molecule has 0 aromatic rings. The van der Waals surface area contributed by atoms with E-state index < -0.39 is 32.5 Å². The van der Waals surface area contributed by atoms with Gasteiger partial charge in [0.15, 0.2) is 6.10 Å². The summed E-state index contributed by atoms with van der Waals surface area (Å²) in [5.41, 5.74) is 0. The molecule has 0 saturated carbocycles. The van der Waals surface area contributed by atoms with Gasteiger partial charge in [0.1, 0.15) is 19.8 Å². The minimum absolute atomic E-state index is 0.0480. The Morgan fingerprint density at radius 2 is 0.551 bits per heavy atom. The minimum atomic E-state index is -4.67. The maximum absolute atomic E-state index is 12.9. The molecular formula is C88H144NO8P. The molecule has 10 heteroatoms. The highest BCUT2D eigenvalue weighted by Crippen LogP contribution is 2.38. The summed E-state index contributed by atoms with van der Waals surface area (Å²) >= 11 is 0. The lowest BCUT2D eigenvalue weighted by Gasteiger charge is -2.28.